The van der Waals surface area contributed by atoms with E-state index in [1.807, 2.05) is 42.5 Å². The molecule has 0 amide bonds. The minimum atomic E-state index is -0.789. The summed E-state index contributed by atoms with van der Waals surface area (Å²) in [4.78, 5) is 15.0. The zero-order valence-corrected chi connectivity index (χ0v) is 22.2. The summed E-state index contributed by atoms with van der Waals surface area (Å²) in [6.45, 7) is 0. The van der Waals surface area contributed by atoms with E-state index in [9.17, 15) is 5.11 Å². The Hall–Kier alpha value is -2.98. The van der Waals surface area contributed by atoms with Crippen LogP contribution in [0.1, 0.15) is 17.2 Å². The first-order valence-corrected chi connectivity index (χ1v) is 11.5. The van der Waals surface area contributed by atoms with Gasteiger partial charge in [-0.1, -0.05) is 18.2 Å². The van der Waals surface area contributed by atoms with Crippen molar-refractivity contribution in [1.29, 1.82) is 0 Å². The van der Waals surface area contributed by atoms with Crippen LogP contribution in [-0.4, -0.2) is 46.4 Å². The first-order valence-electron chi connectivity index (χ1n) is 9.96. The highest BCUT2D eigenvalue weighted by atomic mass is 79.9. The lowest BCUT2D eigenvalue weighted by Crippen LogP contribution is -2.01. The average Bonchev–Trinajstić information content (AvgIpc) is 2.91. The summed E-state index contributed by atoms with van der Waals surface area (Å²) in [5.74, 6) is 2.33. The van der Waals surface area contributed by atoms with Crippen molar-refractivity contribution in [3.05, 3.63) is 99.5 Å². The number of halogens is 3. The minimum Gasteiger partial charge on any atom is -0.497 e. The smallest absolute Gasteiger partial charge is 0.222 e. The van der Waals surface area contributed by atoms with Crippen molar-refractivity contribution >= 4 is 39.1 Å². The SMILES string of the molecule is COc1cccc(C(O)c2cnc(Cl)nc2)c1.COc1cccc(OC)c1.Clc1ncc(Br)cn1. The van der Waals surface area contributed by atoms with Crippen LogP contribution in [-0.2, 0) is 0 Å². The molecular weight excluding hydrogens is 559 g/mol. The van der Waals surface area contributed by atoms with Gasteiger partial charge in [0.25, 0.3) is 0 Å². The van der Waals surface area contributed by atoms with Crippen molar-refractivity contribution in [2.24, 2.45) is 0 Å². The van der Waals surface area contributed by atoms with Crippen molar-refractivity contribution in [3.8, 4) is 17.2 Å². The summed E-state index contributed by atoms with van der Waals surface area (Å²) in [5.41, 5.74) is 1.30. The lowest BCUT2D eigenvalue weighted by molar-refractivity contribution is 0.219. The third-order valence-electron chi connectivity index (χ3n) is 4.23. The van der Waals surface area contributed by atoms with Gasteiger partial charge in [-0.25, -0.2) is 19.9 Å². The van der Waals surface area contributed by atoms with E-state index in [0.717, 1.165) is 21.5 Å². The summed E-state index contributed by atoms with van der Waals surface area (Å²) < 4.78 is 15.9. The predicted octanol–water partition coefficient (Wildman–Crippen LogP) is 5.82. The van der Waals surface area contributed by atoms with Crippen molar-refractivity contribution in [2.75, 3.05) is 21.3 Å². The van der Waals surface area contributed by atoms with Gasteiger partial charge in [0, 0.05) is 36.4 Å². The number of hydrogen-bond acceptors (Lipinski definition) is 8. The molecule has 1 atom stereocenters. The molecule has 8 nitrogen and oxygen atoms in total. The number of methoxy groups -OCH3 is 3. The van der Waals surface area contributed by atoms with Gasteiger partial charge in [0.1, 0.15) is 23.4 Å². The second kappa shape index (κ2) is 15.1. The van der Waals surface area contributed by atoms with Gasteiger partial charge in [-0.05, 0) is 69.0 Å². The van der Waals surface area contributed by atoms with Crippen LogP contribution < -0.4 is 14.2 Å². The molecular formula is C24H23BrCl2N4O4. The Kier molecular flexibility index (Phi) is 12.2. The third-order valence-corrected chi connectivity index (χ3v) is 5.03. The fourth-order valence-corrected chi connectivity index (χ4v) is 2.89. The number of rotatable bonds is 5. The Bertz CT molecular complexity index is 1130. The third kappa shape index (κ3) is 10.0. The lowest BCUT2D eigenvalue weighted by atomic mass is 10.0. The maximum atomic E-state index is 10.1. The topological polar surface area (TPSA) is 99.5 Å². The van der Waals surface area contributed by atoms with Crippen LogP contribution in [0.2, 0.25) is 10.6 Å². The van der Waals surface area contributed by atoms with E-state index in [0.29, 0.717) is 11.3 Å². The Morgan fingerprint density at radius 3 is 1.57 bits per heavy atom. The standard InChI is InChI=1S/C12H11ClN2O2.C8H10O2.C4H2BrClN2/c1-17-10-4-2-3-8(5-10)11(16)9-6-14-12(13)15-7-9;1-9-7-4-3-5-8(6-7)10-2;5-3-1-7-4(6)8-2-3/h2-7,11,16H,1H3;3-6H,1-2H3;1-2H. The molecule has 1 N–H and O–H groups in total. The lowest BCUT2D eigenvalue weighted by Gasteiger charge is -2.11. The number of benzene rings is 2. The van der Waals surface area contributed by atoms with E-state index in [1.165, 1.54) is 12.4 Å². The van der Waals surface area contributed by atoms with E-state index < -0.39 is 6.10 Å². The monoisotopic (exact) mass is 580 g/mol. The molecule has 0 spiro atoms. The Morgan fingerprint density at radius 2 is 1.11 bits per heavy atom. The highest BCUT2D eigenvalue weighted by Gasteiger charge is 2.12. The fourth-order valence-electron chi connectivity index (χ4n) is 2.49. The van der Waals surface area contributed by atoms with Crippen LogP contribution in [0.15, 0.2) is 77.8 Å². The van der Waals surface area contributed by atoms with Gasteiger partial charge in [-0.3, -0.25) is 0 Å². The summed E-state index contributed by atoms with van der Waals surface area (Å²) in [5, 5.41) is 10.6. The maximum Gasteiger partial charge on any atom is 0.222 e. The van der Waals surface area contributed by atoms with E-state index in [-0.39, 0.29) is 10.6 Å². The van der Waals surface area contributed by atoms with E-state index in [2.05, 4.69) is 35.9 Å². The molecule has 0 radical (unpaired) electrons. The average molecular weight is 582 g/mol. The molecule has 0 aliphatic carbocycles. The predicted molar refractivity (Wildman–Crippen MR) is 138 cm³/mol. The van der Waals surface area contributed by atoms with E-state index in [4.69, 9.17) is 37.4 Å². The van der Waals surface area contributed by atoms with Gasteiger partial charge in [-0.15, -0.1) is 0 Å². The maximum absolute atomic E-state index is 10.1. The minimum absolute atomic E-state index is 0.159. The molecule has 4 aromatic rings. The fraction of sp³-hybridized carbons (Fsp3) is 0.167. The zero-order valence-electron chi connectivity index (χ0n) is 19.1. The first kappa shape index (κ1) is 28.3. The normalized spacial score (nSPS) is 10.6. The molecule has 0 aliphatic rings. The van der Waals surface area contributed by atoms with Gasteiger partial charge in [0.2, 0.25) is 10.6 Å². The molecule has 184 valence electrons. The molecule has 2 aromatic heterocycles. The van der Waals surface area contributed by atoms with Gasteiger partial charge < -0.3 is 19.3 Å². The molecule has 2 heterocycles. The molecule has 0 saturated carbocycles. The highest BCUT2D eigenvalue weighted by Crippen LogP contribution is 2.24. The molecule has 11 heteroatoms. The molecule has 35 heavy (non-hydrogen) atoms. The van der Waals surface area contributed by atoms with Crippen molar-refractivity contribution in [1.82, 2.24) is 19.9 Å². The van der Waals surface area contributed by atoms with Crippen LogP contribution >= 0.6 is 39.1 Å². The number of aromatic nitrogens is 4. The highest BCUT2D eigenvalue weighted by molar-refractivity contribution is 9.10. The Balaban J connectivity index is 0.000000204. The van der Waals surface area contributed by atoms with Crippen LogP contribution in [0.5, 0.6) is 17.2 Å². The number of aliphatic hydroxyl groups is 1. The van der Waals surface area contributed by atoms with Crippen molar-refractivity contribution in [2.45, 2.75) is 6.10 Å². The molecule has 0 saturated heterocycles. The van der Waals surface area contributed by atoms with Crippen LogP contribution in [0.4, 0.5) is 0 Å². The summed E-state index contributed by atoms with van der Waals surface area (Å²) in [7, 11) is 4.85. The van der Waals surface area contributed by atoms with Crippen LogP contribution in [0.25, 0.3) is 0 Å². The van der Waals surface area contributed by atoms with Crippen molar-refractivity contribution < 1.29 is 19.3 Å². The van der Waals surface area contributed by atoms with E-state index in [1.54, 1.807) is 39.8 Å². The number of ether oxygens (including phenoxy) is 3. The van der Waals surface area contributed by atoms with Gasteiger partial charge in [-0.2, -0.15) is 0 Å². The second-order valence-electron chi connectivity index (χ2n) is 6.52. The number of aliphatic hydroxyl groups excluding tert-OH is 1. The quantitative estimate of drug-likeness (QED) is 0.294. The largest absolute Gasteiger partial charge is 0.497 e. The first-order chi connectivity index (χ1) is 16.9. The van der Waals surface area contributed by atoms with E-state index >= 15 is 0 Å². The zero-order chi connectivity index (χ0) is 25.6. The summed E-state index contributed by atoms with van der Waals surface area (Å²) in [6.07, 6.45) is 5.39. The Labute approximate surface area is 222 Å². The molecule has 0 fully saturated rings. The molecule has 2 aromatic carbocycles. The second-order valence-corrected chi connectivity index (χ2v) is 8.11. The van der Waals surface area contributed by atoms with Crippen LogP contribution in [0.3, 0.4) is 0 Å². The van der Waals surface area contributed by atoms with Gasteiger partial charge in [0.15, 0.2) is 0 Å². The van der Waals surface area contributed by atoms with Gasteiger partial charge in [0.05, 0.1) is 25.8 Å². The molecule has 0 aliphatic heterocycles. The van der Waals surface area contributed by atoms with Gasteiger partial charge >= 0.3 is 0 Å². The van der Waals surface area contributed by atoms with Crippen LogP contribution in [0, 0.1) is 0 Å². The molecule has 1 unspecified atom stereocenters. The number of hydrogen-bond donors (Lipinski definition) is 1. The summed E-state index contributed by atoms with van der Waals surface area (Å²) in [6, 6.07) is 14.7. The van der Waals surface area contributed by atoms with Crippen molar-refractivity contribution in [3.63, 3.8) is 0 Å². The number of nitrogens with zero attached hydrogens (tertiary/aromatic N) is 4. The Morgan fingerprint density at radius 1 is 0.686 bits per heavy atom. The molecule has 0 bridgehead atoms. The molecule has 4 rings (SSSR count). The summed E-state index contributed by atoms with van der Waals surface area (Å²) >= 11 is 14.1.